The number of hydrogen-bond donors (Lipinski definition) is 1. The number of urea groups is 1. The molecule has 110 valence electrons. The first-order chi connectivity index (χ1) is 8.90. The lowest BCUT2D eigenvalue weighted by Crippen LogP contribution is -2.50. The summed E-state index contributed by atoms with van der Waals surface area (Å²) in [5.74, 6) is 0.122. The second-order valence-corrected chi connectivity index (χ2v) is 6.25. The molecule has 0 aromatic heterocycles. The van der Waals surface area contributed by atoms with Crippen LogP contribution in [0, 0.1) is 5.92 Å². The summed E-state index contributed by atoms with van der Waals surface area (Å²) in [5, 5.41) is 9.25. The molecule has 3 unspecified atom stereocenters. The van der Waals surface area contributed by atoms with E-state index in [1.807, 2.05) is 20.1 Å². The summed E-state index contributed by atoms with van der Waals surface area (Å²) in [6.45, 7) is 4.43. The highest BCUT2D eigenvalue weighted by Gasteiger charge is 2.41. The highest BCUT2D eigenvalue weighted by Crippen LogP contribution is 2.25. The molecule has 1 aliphatic heterocycles. The largest absolute Gasteiger partial charge is 0.480 e. The summed E-state index contributed by atoms with van der Waals surface area (Å²) in [4.78, 5) is 26.8. The van der Waals surface area contributed by atoms with Crippen molar-refractivity contribution in [1.82, 2.24) is 9.80 Å². The Labute approximate surface area is 119 Å². The number of hydrogen-bond acceptors (Lipinski definition) is 3. The van der Waals surface area contributed by atoms with Crippen LogP contribution < -0.4 is 0 Å². The van der Waals surface area contributed by atoms with Crippen molar-refractivity contribution >= 4 is 23.8 Å². The van der Waals surface area contributed by atoms with Crippen molar-refractivity contribution in [2.24, 2.45) is 5.92 Å². The molecule has 0 bridgehead atoms. The van der Waals surface area contributed by atoms with Crippen molar-refractivity contribution in [3.05, 3.63) is 0 Å². The van der Waals surface area contributed by atoms with Gasteiger partial charge < -0.3 is 14.9 Å². The zero-order valence-corrected chi connectivity index (χ0v) is 12.9. The lowest BCUT2D eigenvalue weighted by atomic mass is 10.0. The van der Waals surface area contributed by atoms with Crippen LogP contribution in [-0.4, -0.2) is 64.6 Å². The van der Waals surface area contributed by atoms with Gasteiger partial charge in [0, 0.05) is 19.6 Å². The molecule has 1 N–H and O–H groups in total. The van der Waals surface area contributed by atoms with E-state index >= 15 is 0 Å². The molecule has 0 radical (unpaired) electrons. The standard InChI is InChI=1S/C13H24N2O3S/c1-9-5-7-15(11(9)12(16)17)13(18)14(3)10(2)6-8-19-4/h9-11H,5-8H2,1-4H3,(H,16,17). The van der Waals surface area contributed by atoms with E-state index in [-0.39, 0.29) is 18.0 Å². The van der Waals surface area contributed by atoms with Gasteiger partial charge in [-0.25, -0.2) is 9.59 Å². The predicted octanol–water partition coefficient (Wildman–Crippen LogP) is 1.97. The van der Waals surface area contributed by atoms with Crippen LogP contribution in [0.2, 0.25) is 0 Å². The number of carbonyl (C=O) groups is 2. The van der Waals surface area contributed by atoms with E-state index in [4.69, 9.17) is 0 Å². The normalized spacial score (nSPS) is 24.3. The molecule has 6 heteroatoms. The number of likely N-dealkylation sites (tertiary alicyclic amines) is 1. The molecule has 5 nitrogen and oxygen atoms in total. The maximum atomic E-state index is 12.4. The molecule has 0 aromatic carbocycles. The number of aliphatic carboxylic acids is 1. The van der Waals surface area contributed by atoms with Gasteiger partial charge >= 0.3 is 12.0 Å². The van der Waals surface area contributed by atoms with Crippen molar-refractivity contribution in [2.75, 3.05) is 25.6 Å². The maximum absolute atomic E-state index is 12.4. The summed E-state index contributed by atoms with van der Waals surface area (Å²) in [6, 6.07) is -0.710. The molecule has 1 heterocycles. The number of thioether (sulfide) groups is 1. The first-order valence-corrected chi connectivity index (χ1v) is 8.04. The number of nitrogens with zero attached hydrogens (tertiary/aromatic N) is 2. The van der Waals surface area contributed by atoms with Crippen molar-refractivity contribution < 1.29 is 14.7 Å². The van der Waals surface area contributed by atoms with Crippen LogP contribution in [0.25, 0.3) is 0 Å². The van der Waals surface area contributed by atoms with Crippen LogP contribution in [0.3, 0.4) is 0 Å². The number of carboxylic acid groups (broad SMARTS) is 1. The minimum Gasteiger partial charge on any atom is -0.480 e. The Morgan fingerprint density at radius 2 is 2.16 bits per heavy atom. The Kier molecular flexibility index (Phi) is 5.97. The van der Waals surface area contributed by atoms with Gasteiger partial charge in [-0.2, -0.15) is 11.8 Å². The summed E-state index contributed by atoms with van der Waals surface area (Å²) >= 11 is 1.75. The molecule has 3 atom stereocenters. The van der Waals surface area contributed by atoms with Gasteiger partial charge in [0.25, 0.3) is 0 Å². The fourth-order valence-electron chi connectivity index (χ4n) is 2.41. The molecule has 0 aromatic rings. The average molecular weight is 288 g/mol. The highest BCUT2D eigenvalue weighted by molar-refractivity contribution is 7.98. The molecule has 0 saturated carbocycles. The summed E-state index contributed by atoms with van der Waals surface area (Å²) in [7, 11) is 1.76. The monoisotopic (exact) mass is 288 g/mol. The van der Waals surface area contributed by atoms with Crippen LogP contribution in [0.4, 0.5) is 4.79 Å². The third kappa shape index (κ3) is 3.78. The van der Waals surface area contributed by atoms with Gasteiger partial charge in [0.05, 0.1) is 0 Å². The average Bonchev–Trinajstić information content (AvgIpc) is 2.76. The fraction of sp³-hybridized carbons (Fsp3) is 0.846. The van der Waals surface area contributed by atoms with E-state index in [0.29, 0.717) is 6.54 Å². The predicted molar refractivity (Wildman–Crippen MR) is 77.5 cm³/mol. The molecule has 1 saturated heterocycles. The van der Waals surface area contributed by atoms with Gasteiger partial charge in [0.1, 0.15) is 6.04 Å². The third-order valence-electron chi connectivity index (χ3n) is 3.90. The second-order valence-electron chi connectivity index (χ2n) is 5.27. The maximum Gasteiger partial charge on any atom is 0.326 e. The molecule has 1 fully saturated rings. The van der Waals surface area contributed by atoms with Gasteiger partial charge in [0.15, 0.2) is 0 Å². The first kappa shape index (κ1) is 16.1. The van der Waals surface area contributed by atoms with Crippen LogP contribution in [-0.2, 0) is 4.79 Å². The minimum absolute atomic E-state index is 0.0244. The second kappa shape index (κ2) is 7.03. The minimum atomic E-state index is -0.900. The molecule has 19 heavy (non-hydrogen) atoms. The van der Waals surface area contributed by atoms with Crippen molar-refractivity contribution in [1.29, 1.82) is 0 Å². The van der Waals surface area contributed by atoms with Crippen molar-refractivity contribution in [3.63, 3.8) is 0 Å². The molecule has 2 amide bonds. The van der Waals surface area contributed by atoms with Crippen molar-refractivity contribution in [2.45, 2.75) is 38.8 Å². The van der Waals surface area contributed by atoms with Gasteiger partial charge in [-0.05, 0) is 37.7 Å². The van der Waals surface area contributed by atoms with E-state index in [1.165, 1.54) is 4.90 Å². The Balaban J connectivity index is 2.68. The zero-order chi connectivity index (χ0) is 14.6. The van der Waals surface area contributed by atoms with Crippen LogP contribution in [0.1, 0.15) is 26.7 Å². The summed E-state index contributed by atoms with van der Waals surface area (Å²) in [6.07, 6.45) is 3.72. The van der Waals surface area contributed by atoms with Crippen molar-refractivity contribution in [3.8, 4) is 0 Å². The van der Waals surface area contributed by atoms with E-state index in [2.05, 4.69) is 0 Å². The fourth-order valence-corrected chi connectivity index (χ4v) is 2.99. The quantitative estimate of drug-likeness (QED) is 0.840. The molecule has 1 aliphatic rings. The molecular formula is C13H24N2O3S. The first-order valence-electron chi connectivity index (χ1n) is 6.65. The number of rotatable bonds is 5. The smallest absolute Gasteiger partial charge is 0.326 e. The van der Waals surface area contributed by atoms with E-state index in [9.17, 15) is 14.7 Å². The summed E-state index contributed by atoms with van der Waals surface area (Å²) < 4.78 is 0. The SMILES string of the molecule is CSCCC(C)N(C)C(=O)N1CCC(C)C1C(=O)O. The lowest BCUT2D eigenvalue weighted by Gasteiger charge is -2.32. The Hall–Kier alpha value is -0.910. The van der Waals surface area contributed by atoms with Gasteiger partial charge in [-0.3, -0.25) is 0 Å². The third-order valence-corrected chi connectivity index (χ3v) is 4.55. The lowest BCUT2D eigenvalue weighted by molar-refractivity contribution is -0.142. The number of carbonyl (C=O) groups excluding carboxylic acids is 1. The van der Waals surface area contributed by atoms with Gasteiger partial charge in [0.2, 0.25) is 0 Å². The van der Waals surface area contributed by atoms with Gasteiger partial charge in [-0.1, -0.05) is 6.92 Å². The van der Waals surface area contributed by atoms with Crippen LogP contribution >= 0.6 is 11.8 Å². The summed E-state index contributed by atoms with van der Waals surface area (Å²) in [5.41, 5.74) is 0. The van der Waals surface area contributed by atoms with E-state index < -0.39 is 12.0 Å². The van der Waals surface area contributed by atoms with Crippen LogP contribution in [0.5, 0.6) is 0 Å². The van der Waals surface area contributed by atoms with E-state index in [1.54, 1.807) is 23.7 Å². The zero-order valence-electron chi connectivity index (χ0n) is 12.1. The molecule has 0 spiro atoms. The molecule has 0 aliphatic carbocycles. The topological polar surface area (TPSA) is 60.9 Å². The number of amides is 2. The Morgan fingerprint density at radius 1 is 1.53 bits per heavy atom. The van der Waals surface area contributed by atoms with Gasteiger partial charge in [-0.15, -0.1) is 0 Å². The highest BCUT2D eigenvalue weighted by atomic mass is 32.2. The van der Waals surface area contributed by atoms with Crippen LogP contribution in [0.15, 0.2) is 0 Å². The van der Waals surface area contributed by atoms with E-state index in [0.717, 1.165) is 18.6 Å². The number of carboxylic acids is 1. The molecular weight excluding hydrogens is 264 g/mol. The molecule has 1 rings (SSSR count). The Bertz CT molecular complexity index is 338. The Morgan fingerprint density at radius 3 is 2.68 bits per heavy atom.